The molecule has 0 radical (unpaired) electrons. The molecule has 7 nitrogen and oxygen atoms in total. The lowest BCUT2D eigenvalue weighted by Gasteiger charge is -2.18. The van der Waals surface area contributed by atoms with E-state index in [1.807, 2.05) is 0 Å². The lowest BCUT2D eigenvalue weighted by Crippen LogP contribution is -2.30. The highest BCUT2D eigenvalue weighted by Gasteiger charge is 2.34. The van der Waals surface area contributed by atoms with E-state index in [0.29, 0.717) is 5.56 Å². The van der Waals surface area contributed by atoms with E-state index in [0.717, 1.165) is 0 Å². The van der Waals surface area contributed by atoms with Gasteiger partial charge in [0.2, 0.25) is 0 Å². The molecule has 0 amide bonds. The van der Waals surface area contributed by atoms with Gasteiger partial charge in [0.05, 0.1) is 11.5 Å². The third kappa shape index (κ3) is 3.53. The summed E-state index contributed by atoms with van der Waals surface area (Å²) in [7, 11) is 0. The zero-order valence-corrected chi connectivity index (χ0v) is 11.1. The van der Waals surface area contributed by atoms with Gasteiger partial charge in [0.1, 0.15) is 0 Å². The Morgan fingerprint density at radius 1 is 1.35 bits per heavy atom. The van der Waals surface area contributed by atoms with Gasteiger partial charge in [-0.05, 0) is 12.5 Å². The monoisotopic (exact) mass is 281 g/mol. The first-order valence-electron chi connectivity index (χ1n) is 6.02. The molecule has 0 aliphatic rings. The predicted molar refractivity (Wildman–Crippen MR) is 69.3 cm³/mol. The maximum Gasteiger partial charge on any atom is 0.320 e. The van der Waals surface area contributed by atoms with Gasteiger partial charge in [-0.1, -0.05) is 19.1 Å². The second kappa shape index (κ2) is 6.65. The highest BCUT2D eigenvalue weighted by molar-refractivity contribution is 5.95. The first-order valence-corrected chi connectivity index (χ1v) is 6.02. The van der Waals surface area contributed by atoms with E-state index in [9.17, 15) is 19.7 Å². The Hall–Kier alpha value is -2.44. The molecular formula is C13H15NO6. The van der Waals surface area contributed by atoms with Crippen molar-refractivity contribution in [3.8, 4) is 0 Å². The zero-order chi connectivity index (χ0) is 15.3. The third-order valence-electron chi connectivity index (χ3n) is 2.94. The number of carbonyl (C=O) groups is 2. The average molecular weight is 281 g/mol. The second-order valence-corrected chi connectivity index (χ2v) is 4.21. The standard InChI is InChI=1S/C13H15NO6/c1-3-20-13(17)11(12(15)16)8(2)9-4-6-10(7-5-9)14(18)19/h4-8,11H,3H2,1-2H3,(H,15,16)/t8-,11-/m0/s1. The van der Waals surface area contributed by atoms with Crippen LogP contribution >= 0.6 is 0 Å². The second-order valence-electron chi connectivity index (χ2n) is 4.21. The van der Waals surface area contributed by atoms with Crippen molar-refractivity contribution in [3.05, 3.63) is 39.9 Å². The fourth-order valence-corrected chi connectivity index (χ4v) is 1.84. The van der Waals surface area contributed by atoms with Gasteiger partial charge >= 0.3 is 11.9 Å². The summed E-state index contributed by atoms with van der Waals surface area (Å²) in [6.07, 6.45) is 0. The SMILES string of the molecule is CCOC(=O)[C@H](C(=O)O)[C@@H](C)c1ccc([N+](=O)[O-])cc1. The van der Waals surface area contributed by atoms with Crippen LogP contribution in [0.25, 0.3) is 0 Å². The first-order chi connectivity index (χ1) is 9.38. The van der Waals surface area contributed by atoms with Gasteiger partial charge in [-0.2, -0.15) is 0 Å². The maximum absolute atomic E-state index is 11.7. The van der Waals surface area contributed by atoms with Crippen LogP contribution in [-0.4, -0.2) is 28.6 Å². The van der Waals surface area contributed by atoms with Gasteiger partial charge in [0.15, 0.2) is 5.92 Å². The molecule has 0 heterocycles. The normalized spacial score (nSPS) is 13.3. The maximum atomic E-state index is 11.7. The molecule has 0 bridgehead atoms. The quantitative estimate of drug-likeness (QED) is 0.369. The van der Waals surface area contributed by atoms with Crippen molar-refractivity contribution < 1.29 is 24.4 Å². The van der Waals surface area contributed by atoms with Gasteiger partial charge < -0.3 is 9.84 Å². The van der Waals surface area contributed by atoms with E-state index in [-0.39, 0.29) is 12.3 Å². The van der Waals surface area contributed by atoms with E-state index in [4.69, 9.17) is 9.84 Å². The fourth-order valence-electron chi connectivity index (χ4n) is 1.84. The molecule has 0 saturated carbocycles. The summed E-state index contributed by atoms with van der Waals surface area (Å²) in [6.45, 7) is 3.25. The van der Waals surface area contributed by atoms with E-state index in [2.05, 4.69) is 0 Å². The largest absolute Gasteiger partial charge is 0.481 e. The minimum Gasteiger partial charge on any atom is -0.481 e. The molecule has 0 unspecified atom stereocenters. The lowest BCUT2D eigenvalue weighted by atomic mass is 9.87. The Labute approximate surface area is 115 Å². The number of carboxylic acids is 1. The van der Waals surface area contributed by atoms with Crippen molar-refractivity contribution in [1.29, 1.82) is 0 Å². The third-order valence-corrected chi connectivity index (χ3v) is 2.94. The minimum atomic E-state index is -1.34. The van der Waals surface area contributed by atoms with Crippen LogP contribution in [0.15, 0.2) is 24.3 Å². The topological polar surface area (TPSA) is 107 Å². The summed E-state index contributed by atoms with van der Waals surface area (Å²) in [5.74, 6) is -4.08. The molecule has 1 rings (SSSR count). The first kappa shape index (κ1) is 15.6. The summed E-state index contributed by atoms with van der Waals surface area (Å²) in [6, 6.07) is 5.43. The van der Waals surface area contributed by atoms with Crippen LogP contribution < -0.4 is 0 Å². The number of aliphatic carboxylic acids is 1. The molecule has 0 fully saturated rings. The number of hydrogen-bond donors (Lipinski definition) is 1. The molecule has 0 spiro atoms. The molecule has 7 heteroatoms. The summed E-state index contributed by atoms with van der Waals surface area (Å²) >= 11 is 0. The van der Waals surface area contributed by atoms with Crippen molar-refractivity contribution in [2.24, 2.45) is 5.92 Å². The Morgan fingerprint density at radius 2 is 1.90 bits per heavy atom. The smallest absolute Gasteiger partial charge is 0.320 e. The summed E-state index contributed by atoms with van der Waals surface area (Å²) in [5.41, 5.74) is 0.431. The summed E-state index contributed by atoms with van der Waals surface area (Å²) < 4.78 is 4.74. The number of carbonyl (C=O) groups excluding carboxylic acids is 1. The summed E-state index contributed by atoms with van der Waals surface area (Å²) in [4.78, 5) is 32.9. The van der Waals surface area contributed by atoms with Crippen LogP contribution in [0, 0.1) is 16.0 Å². The number of rotatable bonds is 6. The Bertz CT molecular complexity index is 510. The molecule has 0 aliphatic heterocycles. The molecular weight excluding hydrogens is 266 g/mol. The highest BCUT2D eigenvalue weighted by atomic mass is 16.6. The molecule has 108 valence electrons. The number of benzene rings is 1. The van der Waals surface area contributed by atoms with Gasteiger partial charge in [0.25, 0.3) is 5.69 Å². The van der Waals surface area contributed by atoms with E-state index >= 15 is 0 Å². The minimum absolute atomic E-state index is 0.0929. The lowest BCUT2D eigenvalue weighted by molar-refractivity contribution is -0.384. The van der Waals surface area contributed by atoms with Crippen molar-refractivity contribution >= 4 is 17.6 Å². The van der Waals surface area contributed by atoms with Crippen molar-refractivity contribution in [2.45, 2.75) is 19.8 Å². The zero-order valence-electron chi connectivity index (χ0n) is 11.1. The highest BCUT2D eigenvalue weighted by Crippen LogP contribution is 2.27. The number of ether oxygens (including phenoxy) is 1. The average Bonchev–Trinajstić information content (AvgIpc) is 2.38. The molecule has 0 aliphatic carbocycles. The molecule has 1 N–H and O–H groups in total. The molecule has 20 heavy (non-hydrogen) atoms. The van der Waals surface area contributed by atoms with Gasteiger partial charge in [-0.15, -0.1) is 0 Å². The number of nitro benzene ring substituents is 1. The number of hydrogen-bond acceptors (Lipinski definition) is 5. The van der Waals surface area contributed by atoms with Crippen LogP contribution in [0.3, 0.4) is 0 Å². The van der Waals surface area contributed by atoms with Crippen molar-refractivity contribution in [1.82, 2.24) is 0 Å². The Balaban J connectivity index is 3.00. The van der Waals surface area contributed by atoms with E-state index < -0.39 is 28.7 Å². The van der Waals surface area contributed by atoms with Crippen LogP contribution in [0.5, 0.6) is 0 Å². The molecule has 0 aromatic heterocycles. The van der Waals surface area contributed by atoms with Gasteiger partial charge in [0, 0.05) is 18.1 Å². The van der Waals surface area contributed by atoms with E-state index in [1.165, 1.54) is 24.3 Å². The van der Waals surface area contributed by atoms with Gasteiger partial charge in [-0.3, -0.25) is 19.7 Å². The number of nitro groups is 1. The van der Waals surface area contributed by atoms with Crippen LogP contribution in [0.2, 0.25) is 0 Å². The number of non-ortho nitro benzene ring substituents is 1. The van der Waals surface area contributed by atoms with Crippen molar-refractivity contribution in [2.75, 3.05) is 6.61 Å². The molecule has 1 aromatic carbocycles. The fraction of sp³-hybridized carbons (Fsp3) is 0.385. The Kier molecular flexibility index (Phi) is 5.19. The predicted octanol–water partition coefficient (Wildman–Crippen LogP) is 1.96. The Morgan fingerprint density at radius 3 is 2.30 bits per heavy atom. The molecule has 2 atom stereocenters. The number of nitrogens with zero attached hydrogens (tertiary/aromatic N) is 1. The van der Waals surface area contributed by atoms with Gasteiger partial charge in [-0.25, -0.2) is 0 Å². The van der Waals surface area contributed by atoms with Crippen molar-refractivity contribution in [3.63, 3.8) is 0 Å². The number of carboxylic acid groups (broad SMARTS) is 1. The number of esters is 1. The molecule has 0 saturated heterocycles. The summed E-state index contributed by atoms with van der Waals surface area (Å²) in [5, 5.41) is 19.7. The van der Waals surface area contributed by atoms with Crippen LogP contribution in [0.1, 0.15) is 25.3 Å². The van der Waals surface area contributed by atoms with Crippen LogP contribution in [0.4, 0.5) is 5.69 Å². The molecule has 1 aromatic rings. The van der Waals surface area contributed by atoms with E-state index in [1.54, 1.807) is 13.8 Å². The van der Waals surface area contributed by atoms with Crippen LogP contribution in [-0.2, 0) is 14.3 Å².